The first-order valence-corrected chi connectivity index (χ1v) is 7.54. The Bertz CT molecular complexity index is 389. The highest BCUT2D eigenvalue weighted by Crippen LogP contribution is 2.32. The van der Waals surface area contributed by atoms with Crippen LogP contribution >= 0.6 is 11.8 Å². The predicted molar refractivity (Wildman–Crippen MR) is 76.6 cm³/mol. The van der Waals surface area contributed by atoms with Gasteiger partial charge in [-0.05, 0) is 49.0 Å². The Morgan fingerprint density at radius 2 is 2.00 bits per heavy atom. The van der Waals surface area contributed by atoms with Crippen molar-refractivity contribution in [2.24, 2.45) is 5.73 Å². The van der Waals surface area contributed by atoms with Gasteiger partial charge in [-0.15, -0.1) is 0 Å². The predicted octanol–water partition coefficient (Wildman–Crippen LogP) is 2.99. The van der Waals surface area contributed by atoms with Gasteiger partial charge >= 0.3 is 0 Å². The lowest BCUT2D eigenvalue weighted by molar-refractivity contribution is 0.184. The lowest BCUT2D eigenvalue weighted by Gasteiger charge is -2.24. The van der Waals surface area contributed by atoms with Crippen molar-refractivity contribution < 1.29 is 9.47 Å². The van der Waals surface area contributed by atoms with E-state index in [1.165, 1.54) is 11.5 Å². The van der Waals surface area contributed by atoms with Gasteiger partial charge in [-0.25, -0.2) is 0 Å². The highest BCUT2D eigenvalue weighted by Gasteiger charge is 2.17. The molecule has 1 saturated heterocycles. The van der Waals surface area contributed by atoms with Crippen LogP contribution < -0.4 is 15.2 Å². The van der Waals surface area contributed by atoms with E-state index in [0.717, 1.165) is 29.9 Å². The molecule has 0 aliphatic carbocycles. The highest BCUT2D eigenvalue weighted by molar-refractivity contribution is 7.99. The summed E-state index contributed by atoms with van der Waals surface area (Å²) in [6.45, 7) is 1.97. The summed E-state index contributed by atoms with van der Waals surface area (Å²) in [5, 5.41) is 0. The van der Waals surface area contributed by atoms with E-state index in [4.69, 9.17) is 15.2 Å². The molecule has 0 spiro atoms. The lowest BCUT2D eigenvalue weighted by atomic mass is 10.1. The van der Waals surface area contributed by atoms with E-state index in [1.807, 2.05) is 36.9 Å². The van der Waals surface area contributed by atoms with E-state index in [9.17, 15) is 0 Å². The van der Waals surface area contributed by atoms with Gasteiger partial charge in [0.1, 0.15) is 6.10 Å². The topological polar surface area (TPSA) is 44.5 Å². The van der Waals surface area contributed by atoms with Crippen molar-refractivity contribution in [3.05, 3.63) is 23.8 Å². The standard InChI is InChI=1S/C14H21NO2S/c1-10(15)11-3-4-13(14(9-11)16-2)17-12-5-7-18-8-6-12/h3-4,9-10,12H,5-8,15H2,1-2H3. The molecule has 1 atom stereocenters. The number of rotatable bonds is 4. The molecule has 0 bridgehead atoms. The van der Waals surface area contributed by atoms with E-state index < -0.39 is 0 Å². The summed E-state index contributed by atoms with van der Waals surface area (Å²) in [5.41, 5.74) is 6.94. The molecular formula is C14H21NO2S. The number of hydrogen-bond donors (Lipinski definition) is 1. The molecule has 100 valence electrons. The van der Waals surface area contributed by atoms with E-state index in [2.05, 4.69) is 0 Å². The normalized spacial score (nSPS) is 18.4. The monoisotopic (exact) mass is 267 g/mol. The van der Waals surface area contributed by atoms with Crippen LogP contribution in [0.5, 0.6) is 11.5 Å². The molecule has 1 fully saturated rings. The third-order valence-electron chi connectivity index (χ3n) is 3.18. The Morgan fingerprint density at radius 3 is 2.61 bits per heavy atom. The van der Waals surface area contributed by atoms with Gasteiger partial charge in [0.25, 0.3) is 0 Å². The molecule has 18 heavy (non-hydrogen) atoms. The van der Waals surface area contributed by atoms with Crippen LogP contribution in [-0.2, 0) is 0 Å². The van der Waals surface area contributed by atoms with Crippen molar-refractivity contribution in [3.8, 4) is 11.5 Å². The number of hydrogen-bond acceptors (Lipinski definition) is 4. The van der Waals surface area contributed by atoms with Crippen LogP contribution in [0.3, 0.4) is 0 Å². The van der Waals surface area contributed by atoms with Crippen molar-refractivity contribution in [1.82, 2.24) is 0 Å². The summed E-state index contributed by atoms with van der Waals surface area (Å²) in [4.78, 5) is 0. The molecule has 1 aromatic carbocycles. The van der Waals surface area contributed by atoms with Gasteiger partial charge in [-0.3, -0.25) is 0 Å². The second-order valence-electron chi connectivity index (χ2n) is 4.63. The second kappa shape index (κ2) is 6.34. The first-order valence-electron chi connectivity index (χ1n) is 6.38. The van der Waals surface area contributed by atoms with Crippen LogP contribution in [0.2, 0.25) is 0 Å². The fourth-order valence-electron chi connectivity index (χ4n) is 2.04. The van der Waals surface area contributed by atoms with Gasteiger partial charge in [0, 0.05) is 6.04 Å². The fourth-order valence-corrected chi connectivity index (χ4v) is 3.10. The SMILES string of the molecule is COc1cc(C(C)N)ccc1OC1CCSCC1. The van der Waals surface area contributed by atoms with Crippen LogP contribution in [0.1, 0.15) is 31.4 Å². The number of thioether (sulfide) groups is 1. The maximum atomic E-state index is 6.03. The summed E-state index contributed by atoms with van der Waals surface area (Å²) in [5.74, 6) is 3.98. The Hall–Kier alpha value is -0.870. The minimum atomic E-state index is 0.0130. The van der Waals surface area contributed by atoms with Crippen LogP contribution in [0.4, 0.5) is 0 Å². The first-order chi connectivity index (χ1) is 8.70. The average molecular weight is 267 g/mol. The zero-order chi connectivity index (χ0) is 13.0. The molecule has 3 nitrogen and oxygen atoms in total. The Morgan fingerprint density at radius 1 is 1.28 bits per heavy atom. The molecule has 0 saturated carbocycles. The third-order valence-corrected chi connectivity index (χ3v) is 4.22. The maximum Gasteiger partial charge on any atom is 0.161 e. The van der Waals surface area contributed by atoms with E-state index in [1.54, 1.807) is 7.11 Å². The van der Waals surface area contributed by atoms with Gasteiger partial charge in [0.15, 0.2) is 11.5 Å². The summed E-state index contributed by atoms with van der Waals surface area (Å²) in [6.07, 6.45) is 2.55. The van der Waals surface area contributed by atoms with E-state index in [-0.39, 0.29) is 6.04 Å². The molecule has 2 rings (SSSR count). The quantitative estimate of drug-likeness (QED) is 0.911. The smallest absolute Gasteiger partial charge is 0.161 e. The zero-order valence-electron chi connectivity index (χ0n) is 11.0. The van der Waals surface area contributed by atoms with Crippen LogP contribution in [0, 0.1) is 0 Å². The summed E-state index contributed by atoms with van der Waals surface area (Å²) in [7, 11) is 1.67. The van der Waals surface area contributed by atoms with Crippen molar-refractivity contribution in [1.29, 1.82) is 0 Å². The van der Waals surface area contributed by atoms with Crippen molar-refractivity contribution >= 4 is 11.8 Å². The third kappa shape index (κ3) is 3.33. The average Bonchev–Trinajstić information content (AvgIpc) is 2.40. The molecule has 4 heteroatoms. The van der Waals surface area contributed by atoms with E-state index >= 15 is 0 Å². The van der Waals surface area contributed by atoms with Gasteiger partial charge in [-0.2, -0.15) is 11.8 Å². The van der Waals surface area contributed by atoms with Crippen LogP contribution in [-0.4, -0.2) is 24.7 Å². The molecule has 1 aromatic rings. The van der Waals surface area contributed by atoms with Gasteiger partial charge in [0.2, 0.25) is 0 Å². The number of ether oxygens (including phenoxy) is 2. The molecule has 0 aromatic heterocycles. The maximum absolute atomic E-state index is 6.03. The second-order valence-corrected chi connectivity index (χ2v) is 5.85. The Balaban J connectivity index is 2.11. The van der Waals surface area contributed by atoms with E-state index in [0.29, 0.717) is 6.10 Å². The molecule has 1 heterocycles. The first kappa shape index (κ1) is 13.6. The number of methoxy groups -OCH3 is 1. The van der Waals surface area contributed by atoms with Gasteiger partial charge in [0.05, 0.1) is 7.11 Å². The zero-order valence-corrected chi connectivity index (χ0v) is 11.8. The highest BCUT2D eigenvalue weighted by atomic mass is 32.2. The van der Waals surface area contributed by atoms with Crippen molar-refractivity contribution in [2.45, 2.75) is 31.9 Å². The molecule has 0 radical (unpaired) electrons. The summed E-state index contributed by atoms with van der Waals surface area (Å²) < 4.78 is 11.4. The van der Waals surface area contributed by atoms with Crippen molar-refractivity contribution in [2.75, 3.05) is 18.6 Å². The van der Waals surface area contributed by atoms with Gasteiger partial charge < -0.3 is 15.2 Å². The molecule has 1 unspecified atom stereocenters. The van der Waals surface area contributed by atoms with Crippen LogP contribution in [0.15, 0.2) is 18.2 Å². The molecule has 1 aliphatic heterocycles. The Labute approximate surface area is 113 Å². The molecule has 0 amide bonds. The minimum Gasteiger partial charge on any atom is -0.493 e. The number of nitrogens with two attached hydrogens (primary N) is 1. The Kier molecular flexibility index (Phi) is 4.78. The molecule has 1 aliphatic rings. The van der Waals surface area contributed by atoms with Crippen molar-refractivity contribution in [3.63, 3.8) is 0 Å². The van der Waals surface area contributed by atoms with Crippen LogP contribution in [0.25, 0.3) is 0 Å². The molecule has 2 N–H and O–H groups in total. The minimum absolute atomic E-state index is 0.0130. The summed E-state index contributed by atoms with van der Waals surface area (Å²) in [6, 6.07) is 5.97. The fraction of sp³-hybridized carbons (Fsp3) is 0.571. The number of benzene rings is 1. The van der Waals surface area contributed by atoms with Gasteiger partial charge in [-0.1, -0.05) is 6.07 Å². The lowest BCUT2D eigenvalue weighted by Crippen LogP contribution is -2.22. The molecular weight excluding hydrogens is 246 g/mol. The summed E-state index contributed by atoms with van der Waals surface area (Å²) >= 11 is 2.00. The largest absolute Gasteiger partial charge is 0.493 e.